The molecule has 0 saturated carbocycles. The highest BCUT2D eigenvalue weighted by molar-refractivity contribution is 4.82. The third kappa shape index (κ3) is 4.84. The molecule has 0 aliphatic carbocycles. The molecule has 16 heavy (non-hydrogen) atoms. The average molecular weight is 226 g/mol. The van der Waals surface area contributed by atoms with Crippen LogP contribution in [0, 0.1) is 5.92 Å². The van der Waals surface area contributed by atoms with Gasteiger partial charge in [0.05, 0.1) is 0 Å². The number of rotatable bonds is 5. The fourth-order valence-electron chi connectivity index (χ4n) is 2.48. The second-order valence-corrected chi connectivity index (χ2v) is 6.42. The van der Waals surface area contributed by atoms with Crippen molar-refractivity contribution in [1.29, 1.82) is 0 Å². The molecule has 1 heterocycles. The zero-order valence-electron chi connectivity index (χ0n) is 11.8. The molecule has 1 N–H and O–H groups in total. The summed E-state index contributed by atoms with van der Waals surface area (Å²) < 4.78 is 0. The summed E-state index contributed by atoms with van der Waals surface area (Å²) in [6.45, 7) is 15.2. The highest BCUT2D eigenvalue weighted by atomic mass is 15.2. The third-order valence-corrected chi connectivity index (χ3v) is 3.57. The molecule has 0 radical (unpaired) electrons. The van der Waals surface area contributed by atoms with Gasteiger partial charge in [-0.1, -0.05) is 13.3 Å². The van der Waals surface area contributed by atoms with Gasteiger partial charge in [-0.3, -0.25) is 0 Å². The Morgan fingerprint density at radius 1 is 1.38 bits per heavy atom. The van der Waals surface area contributed by atoms with E-state index in [4.69, 9.17) is 0 Å². The lowest BCUT2D eigenvalue weighted by Gasteiger charge is -2.25. The van der Waals surface area contributed by atoms with Gasteiger partial charge in [-0.05, 0) is 59.5 Å². The summed E-state index contributed by atoms with van der Waals surface area (Å²) in [4.78, 5) is 2.67. The zero-order valence-corrected chi connectivity index (χ0v) is 11.8. The van der Waals surface area contributed by atoms with E-state index in [0.29, 0.717) is 0 Å². The van der Waals surface area contributed by atoms with Gasteiger partial charge < -0.3 is 10.2 Å². The van der Waals surface area contributed by atoms with Gasteiger partial charge in [0.2, 0.25) is 0 Å². The van der Waals surface area contributed by atoms with Gasteiger partial charge in [-0.25, -0.2) is 0 Å². The van der Waals surface area contributed by atoms with Crippen molar-refractivity contribution in [2.45, 2.75) is 65.5 Å². The quantitative estimate of drug-likeness (QED) is 0.775. The van der Waals surface area contributed by atoms with Crippen LogP contribution in [-0.4, -0.2) is 36.1 Å². The van der Waals surface area contributed by atoms with Gasteiger partial charge in [0.15, 0.2) is 0 Å². The topological polar surface area (TPSA) is 15.3 Å². The molecule has 1 saturated heterocycles. The number of likely N-dealkylation sites (tertiary alicyclic amines) is 1. The molecule has 2 atom stereocenters. The van der Waals surface area contributed by atoms with E-state index in [9.17, 15) is 0 Å². The Morgan fingerprint density at radius 3 is 2.62 bits per heavy atom. The van der Waals surface area contributed by atoms with Crippen LogP contribution >= 0.6 is 0 Å². The van der Waals surface area contributed by atoms with Gasteiger partial charge in [0.1, 0.15) is 0 Å². The highest BCUT2D eigenvalue weighted by Crippen LogP contribution is 2.20. The van der Waals surface area contributed by atoms with Crippen LogP contribution in [0.2, 0.25) is 0 Å². The molecule has 0 aromatic rings. The predicted octanol–water partition coefficient (Wildman–Crippen LogP) is 2.89. The van der Waals surface area contributed by atoms with Crippen LogP contribution in [0.15, 0.2) is 0 Å². The van der Waals surface area contributed by atoms with Crippen molar-refractivity contribution in [3.05, 3.63) is 0 Å². The Kier molecular flexibility index (Phi) is 5.26. The van der Waals surface area contributed by atoms with Crippen molar-refractivity contribution in [1.82, 2.24) is 10.2 Å². The first-order valence-electron chi connectivity index (χ1n) is 6.91. The van der Waals surface area contributed by atoms with Gasteiger partial charge in [0.25, 0.3) is 0 Å². The van der Waals surface area contributed by atoms with Crippen LogP contribution in [0.5, 0.6) is 0 Å². The summed E-state index contributed by atoms with van der Waals surface area (Å²) >= 11 is 0. The highest BCUT2D eigenvalue weighted by Gasteiger charge is 2.26. The second kappa shape index (κ2) is 6.02. The van der Waals surface area contributed by atoms with Gasteiger partial charge in [-0.15, -0.1) is 0 Å². The summed E-state index contributed by atoms with van der Waals surface area (Å²) in [5, 5.41) is 3.63. The molecule has 0 aromatic heterocycles. The predicted molar refractivity (Wildman–Crippen MR) is 71.8 cm³/mol. The molecule has 2 unspecified atom stereocenters. The monoisotopic (exact) mass is 226 g/mol. The lowest BCUT2D eigenvalue weighted by molar-refractivity contribution is 0.233. The molecule has 0 aromatic carbocycles. The first kappa shape index (κ1) is 14.0. The Morgan fingerprint density at radius 2 is 2.06 bits per heavy atom. The molecule has 0 bridgehead atoms. The second-order valence-electron chi connectivity index (χ2n) is 6.42. The molecule has 1 aliphatic heterocycles. The Hall–Kier alpha value is -0.0800. The van der Waals surface area contributed by atoms with Crippen molar-refractivity contribution in [2.24, 2.45) is 5.92 Å². The van der Waals surface area contributed by atoms with E-state index in [1.807, 2.05) is 0 Å². The molecule has 0 spiro atoms. The smallest absolute Gasteiger partial charge is 0.00966 e. The fraction of sp³-hybridized carbons (Fsp3) is 1.00. The maximum absolute atomic E-state index is 3.63. The van der Waals surface area contributed by atoms with Crippen LogP contribution in [0.3, 0.4) is 0 Å². The van der Waals surface area contributed by atoms with Crippen molar-refractivity contribution in [3.63, 3.8) is 0 Å². The van der Waals surface area contributed by atoms with E-state index in [1.54, 1.807) is 0 Å². The zero-order chi connectivity index (χ0) is 12.2. The molecule has 1 rings (SSSR count). The standard InChI is InChI=1S/C14H30N2/c1-6-7-12(2)16-9-8-13(11-16)10-15-14(3,4)5/h12-13,15H,6-11H2,1-5H3. The molecule has 1 fully saturated rings. The van der Waals surface area contributed by atoms with Crippen LogP contribution < -0.4 is 5.32 Å². The van der Waals surface area contributed by atoms with E-state index in [2.05, 4.69) is 44.8 Å². The fourth-order valence-corrected chi connectivity index (χ4v) is 2.48. The minimum atomic E-state index is 0.266. The summed E-state index contributed by atoms with van der Waals surface area (Å²) in [5.41, 5.74) is 0.266. The lowest BCUT2D eigenvalue weighted by Crippen LogP contribution is -2.40. The van der Waals surface area contributed by atoms with Crippen LogP contribution in [0.25, 0.3) is 0 Å². The Bertz CT molecular complexity index is 195. The molecule has 2 heteroatoms. The van der Waals surface area contributed by atoms with Gasteiger partial charge in [-0.2, -0.15) is 0 Å². The van der Waals surface area contributed by atoms with E-state index in [1.165, 1.54) is 38.9 Å². The lowest BCUT2D eigenvalue weighted by atomic mass is 10.1. The first-order chi connectivity index (χ1) is 7.42. The average Bonchev–Trinajstić information content (AvgIpc) is 2.62. The maximum atomic E-state index is 3.63. The van der Waals surface area contributed by atoms with E-state index in [0.717, 1.165) is 12.0 Å². The SMILES string of the molecule is CCCC(C)N1CCC(CNC(C)(C)C)C1. The van der Waals surface area contributed by atoms with E-state index in [-0.39, 0.29) is 5.54 Å². The third-order valence-electron chi connectivity index (χ3n) is 3.57. The van der Waals surface area contributed by atoms with E-state index < -0.39 is 0 Å². The van der Waals surface area contributed by atoms with Crippen molar-refractivity contribution in [3.8, 4) is 0 Å². The maximum Gasteiger partial charge on any atom is 0.00966 e. The minimum Gasteiger partial charge on any atom is -0.312 e. The number of nitrogens with zero attached hydrogens (tertiary/aromatic N) is 1. The normalized spacial score (nSPS) is 24.9. The Balaban J connectivity index is 2.24. The molecule has 0 amide bonds. The molecular weight excluding hydrogens is 196 g/mol. The van der Waals surface area contributed by atoms with Crippen LogP contribution in [-0.2, 0) is 0 Å². The van der Waals surface area contributed by atoms with Crippen molar-refractivity contribution < 1.29 is 0 Å². The molecular formula is C14H30N2. The Labute approximate surface area is 102 Å². The molecule has 96 valence electrons. The summed E-state index contributed by atoms with van der Waals surface area (Å²) in [5.74, 6) is 0.860. The summed E-state index contributed by atoms with van der Waals surface area (Å²) in [7, 11) is 0. The minimum absolute atomic E-state index is 0.266. The number of hydrogen-bond acceptors (Lipinski definition) is 2. The summed E-state index contributed by atoms with van der Waals surface area (Å²) in [6, 6.07) is 0.782. The van der Waals surface area contributed by atoms with E-state index >= 15 is 0 Å². The molecule has 2 nitrogen and oxygen atoms in total. The number of nitrogens with one attached hydrogen (secondary N) is 1. The van der Waals surface area contributed by atoms with Gasteiger partial charge >= 0.3 is 0 Å². The summed E-state index contributed by atoms with van der Waals surface area (Å²) in [6.07, 6.45) is 4.03. The first-order valence-corrected chi connectivity index (χ1v) is 6.91. The van der Waals surface area contributed by atoms with Gasteiger partial charge in [0, 0.05) is 18.1 Å². The molecule has 1 aliphatic rings. The van der Waals surface area contributed by atoms with Crippen LogP contribution in [0.4, 0.5) is 0 Å². The largest absolute Gasteiger partial charge is 0.312 e. The van der Waals surface area contributed by atoms with Crippen LogP contribution in [0.1, 0.15) is 53.9 Å². The van der Waals surface area contributed by atoms with Crippen molar-refractivity contribution in [2.75, 3.05) is 19.6 Å². The number of hydrogen-bond donors (Lipinski definition) is 1. The van der Waals surface area contributed by atoms with Crippen molar-refractivity contribution >= 4 is 0 Å².